The second kappa shape index (κ2) is 4.43. The molecule has 1 fully saturated rings. The van der Waals surface area contributed by atoms with Gasteiger partial charge in [-0.3, -0.25) is 4.99 Å². The molecule has 3 N–H and O–H groups in total. The van der Waals surface area contributed by atoms with Crippen LogP contribution in [0.25, 0.3) is 0 Å². The molecule has 5 heteroatoms. The molecule has 1 atom stereocenters. The first-order chi connectivity index (χ1) is 6.22. The fraction of sp³-hybridized carbons (Fsp3) is 0.875. The van der Waals surface area contributed by atoms with E-state index in [0.717, 1.165) is 13.0 Å². The van der Waals surface area contributed by atoms with Crippen molar-refractivity contribution in [3.8, 4) is 0 Å². The number of hydrogen-bond donors (Lipinski definition) is 2. The number of nitrogens with two attached hydrogens (primary N) is 1. The molecule has 13 heavy (non-hydrogen) atoms. The summed E-state index contributed by atoms with van der Waals surface area (Å²) in [7, 11) is 3.34. The molecule has 0 bridgehead atoms. The Bertz CT molecular complexity index is 188. The lowest BCUT2D eigenvalue weighted by Gasteiger charge is -2.25. The van der Waals surface area contributed by atoms with Crippen molar-refractivity contribution in [3.63, 3.8) is 0 Å². The highest BCUT2D eigenvalue weighted by Gasteiger charge is 2.34. The zero-order valence-corrected chi connectivity index (χ0v) is 8.17. The Kier molecular flexibility index (Phi) is 3.50. The molecule has 1 unspecified atom stereocenters. The van der Waals surface area contributed by atoms with Crippen molar-refractivity contribution in [1.29, 1.82) is 0 Å². The maximum Gasteiger partial charge on any atom is 0.188 e. The molecule has 0 radical (unpaired) electrons. The van der Waals surface area contributed by atoms with Crippen LogP contribution < -0.4 is 11.1 Å². The van der Waals surface area contributed by atoms with E-state index < -0.39 is 0 Å². The smallest absolute Gasteiger partial charge is 0.188 e. The molecule has 0 spiro atoms. The van der Waals surface area contributed by atoms with Gasteiger partial charge in [0, 0.05) is 33.7 Å². The van der Waals surface area contributed by atoms with Gasteiger partial charge < -0.3 is 20.5 Å². The van der Waals surface area contributed by atoms with Gasteiger partial charge in [-0.1, -0.05) is 0 Å². The largest absolute Gasteiger partial charge is 0.378 e. The zero-order chi connectivity index (χ0) is 9.73. The Morgan fingerprint density at radius 3 is 3.00 bits per heavy atom. The van der Waals surface area contributed by atoms with Crippen LogP contribution in [0.3, 0.4) is 0 Å². The van der Waals surface area contributed by atoms with Crippen molar-refractivity contribution >= 4 is 5.96 Å². The Labute approximate surface area is 78.3 Å². The predicted molar refractivity (Wildman–Crippen MR) is 50.7 cm³/mol. The van der Waals surface area contributed by atoms with Crippen molar-refractivity contribution in [1.82, 2.24) is 5.32 Å². The molecule has 1 aliphatic rings. The highest BCUT2D eigenvalue weighted by atomic mass is 16.5. The van der Waals surface area contributed by atoms with Gasteiger partial charge in [0.1, 0.15) is 5.60 Å². The van der Waals surface area contributed by atoms with E-state index in [1.807, 2.05) is 0 Å². The van der Waals surface area contributed by atoms with Crippen molar-refractivity contribution in [2.45, 2.75) is 12.0 Å². The third kappa shape index (κ3) is 2.57. The van der Waals surface area contributed by atoms with Crippen LogP contribution in [0.2, 0.25) is 0 Å². The zero-order valence-electron chi connectivity index (χ0n) is 8.17. The first-order valence-electron chi connectivity index (χ1n) is 4.31. The van der Waals surface area contributed by atoms with Crippen molar-refractivity contribution in [2.24, 2.45) is 10.7 Å². The number of methoxy groups -OCH3 is 1. The van der Waals surface area contributed by atoms with Crippen LogP contribution in [-0.4, -0.2) is 45.5 Å². The average molecular weight is 187 g/mol. The van der Waals surface area contributed by atoms with Gasteiger partial charge in [0.25, 0.3) is 0 Å². The van der Waals surface area contributed by atoms with Crippen molar-refractivity contribution < 1.29 is 9.47 Å². The lowest BCUT2D eigenvalue weighted by atomic mass is 10.0. The molecule has 1 heterocycles. The Hall–Kier alpha value is -0.810. The van der Waals surface area contributed by atoms with Gasteiger partial charge in [0.15, 0.2) is 5.96 Å². The fourth-order valence-corrected chi connectivity index (χ4v) is 1.29. The molecule has 0 aromatic carbocycles. The first kappa shape index (κ1) is 10.3. The molecule has 0 aromatic rings. The maximum absolute atomic E-state index is 5.51. The third-order valence-electron chi connectivity index (χ3n) is 2.33. The number of ether oxygens (including phenoxy) is 2. The van der Waals surface area contributed by atoms with E-state index in [4.69, 9.17) is 15.2 Å². The molecular formula is C8H17N3O2. The van der Waals surface area contributed by atoms with E-state index >= 15 is 0 Å². The quantitative estimate of drug-likeness (QED) is 0.454. The summed E-state index contributed by atoms with van der Waals surface area (Å²) in [6.45, 7) is 2.01. The van der Waals surface area contributed by atoms with E-state index in [1.165, 1.54) is 0 Å². The van der Waals surface area contributed by atoms with E-state index in [0.29, 0.717) is 19.1 Å². The number of rotatable bonds is 3. The molecule has 0 amide bonds. The van der Waals surface area contributed by atoms with Gasteiger partial charge in [0.2, 0.25) is 0 Å². The highest BCUT2D eigenvalue weighted by Crippen LogP contribution is 2.21. The minimum atomic E-state index is -0.227. The molecule has 0 aromatic heterocycles. The Balaban J connectivity index is 2.40. The topological polar surface area (TPSA) is 68.9 Å². The number of hydrogen-bond acceptors (Lipinski definition) is 3. The van der Waals surface area contributed by atoms with E-state index in [-0.39, 0.29) is 5.60 Å². The Morgan fingerprint density at radius 1 is 1.77 bits per heavy atom. The molecule has 76 valence electrons. The SMILES string of the molecule is CN=C(N)NCC1(OC)CCOC1. The van der Waals surface area contributed by atoms with Crippen LogP contribution in [0.4, 0.5) is 0 Å². The summed E-state index contributed by atoms with van der Waals surface area (Å²) in [5, 5.41) is 2.99. The van der Waals surface area contributed by atoms with Gasteiger partial charge in [-0.2, -0.15) is 0 Å². The standard InChI is InChI=1S/C8H17N3O2/c1-10-7(9)11-5-8(12-2)3-4-13-6-8/h3-6H2,1-2H3,(H3,9,10,11). The van der Waals surface area contributed by atoms with Gasteiger partial charge in [-0.25, -0.2) is 0 Å². The van der Waals surface area contributed by atoms with Crippen LogP contribution >= 0.6 is 0 Å². The molecule has 1 saturated heterocycles. The van der Waals surface area contributed by atoms with Crippen LogP contribution in [0.1, 0.15) is 6.42 Å². The van der Waals surface area contributed by atoms with Gasteiger partial charge in [0.05, 0.1) is 6.61 Å². The summed E-state index contributed by atoms with van der Waals surface area (Å²) in [5.41, 5.74) is 5.28. The fourth-order valence-electron chi connectivity index (χ4n) is 1.29. The summed E-state index contributed by atoms with van der Waals surface area (Å²) >= 11 is 0. The monoisotopic (exact) mass is 187 g/mol. The molecule has 0 saturated carbocycles. The highest BCUT2D eigenvalue weighted by molar-refractivity contribution is 5.77. The van der Waals surface area contributed by atoms with Crippen LogP contribution in [0, 0.1) is 0 Å². The van der Waals surface area contributed by atoms with E-state index in [9.17, 15) is 0 Å². The summed E-state index contributed by atoms with van der Waals surface area (Å²) in [4.78, 5) is 3.80. The summed E-state index contributed by atoms with van der Waals surface area (Å²) in [6.07, 6.45) is 0.896. The van der Waals surface area contributed by atoms with Crippen LogP contribution in [-0.2, 0) is 9.47 Å². The first-order valence-corrected chi connectivity index (χ1v) is 4.31. The maximum atomic E-state index is 5.51. The van der Waals surface area contributed by atoms with E-state index in [1.54, 1.807) is 14.2 Å². The normalized spacial score (nSPS) is 29.2. The summed E-state index contributed by atoms with van der Waals surface area (Å²) in [6, 6.07) is 0. The minimum absolute atomic E-state index is 0.227. The summed E-state index contributed by atoms with van der Waals surface area (Å²) < 4.78 is 10.7. The van der Waals surface area contributed by atoms with Crippen LogP contribution in [0.5, 0.6) is 0 Å². The number of nitrogens with one attached hydrogen (secondary N) is 1. The van der Waals surface area contributed by atoms with Gasteiger partial charge in [-0.15, -0.1) is 0 Å². The second-order valence-corrected chi connectivity index (χ2v) is 3.15. The lowest BCUT2D eigenvalue weighted by molar-refractivity contribution is -0.0127. The average Bonchev–Trinajstić information content (AvgIpc) is 2.63. The third-order valence-corrected chi connectivity index (χ3v) is 2.33. The molecule has 5 nitrogen and oxygen atoms in total. The van der Waals surface area contributed by atoms with Crippen LogP contribution in [0.15, 0.2) is 4.99 Å². The molecule has 0 aliphatic carbocycles. The van der Waals surface area contributed by atoms with E-state index in [2.05, 4.69) is 10.3 Å². The predicted octanol–water partition coefficient (Wildman–Crippen LogP) is -0.674. The molecular weight excluding hydrogens is 170 g/mol. The van der Waals surface area contributed by atoms with Gasteiger partial charge >= 0.3 is 0 Å². The number of nitrogens with zero attached hydrogens (tertiary/aromatic N) is 1. The lowest BCUT2D eigenvalue weighted by Crippen LogP contribution is -2.47. The van der Waals surface area contributed by atoms with Gasteiger partial charge in [-0.05, 0) is 0 Å². The van der Waals surface area contributed by atoms with Crippen molar-refractivity contribution in [3.05, 3.63) is 0 Å². The van der Waals surface area contributed by atoms with Crippen molar-refractivity contribution in [2.75, 3.05) is 33.9 Å². The molecule has 1 rings (SSSR count). The second-order valence-electron chi connectivity index (χ2n) is 3.15. The minimum Gasteiger partial charge on any atom is -0.378 e. The number of aliphatic imine (C=N–C) groups is 1. The number of guanidine groups is 1. The summed E-state index contributed by atoms with van der Waals surface area (Å²) in [5.74, 6) is 0.434. The Morgan fingerprint density at radius 2 is 2.54 bits per heavy atom. The molecule has 1 aliphatic heterocycles.